The maximum atomic E-state index is 12.3. The minimum atomic E-state index is -4.41. The maximum absolute atomic E-state index is 12.3. The number of alkyl halides is 3. The molecule has 0 aliphatic carbocycles. The Morgan fingerprint density at radius 3 is 2.43 bits per heavy atom. The highest BCUT2D eigenvalue weighted by Crippen LogP contribution is 2.31. The Hall–Kier alpha value is -0.740. The summed E-state index contributed by atoms with van der Waals surface area (Å²) in [6.45, 7) is 0.784. The van der Waals surface area contributed by atoms with Gasteiger partial charge in [-0.3, -0.25) is 0 Å². The van der Waals surface area contributed by atoms with E-state index in [4.69, 9.17) is 16.7 Å². The van der Waals surface area contributed by atoms with Crippen molar-refractivity contribution in [3.63, 3.8) is 0 Å². The van der Waals surface area contributed by atoms with Gasteiger partial charge < -0.3 is 5.11 Å². The molecule has 1 aromatic rings. The van der Waals surface area contributed by atoms with E-state index in [2.05, 4.69) is 0 Å². The Morgan fingerprint density at radius 1 is 1.29 bits per heavy atom. The van der Waals surface area contributed by atoms with Crippen LogP contribution in [0.3, 0.4) is 0 Å². The predicted molar refractivity (Wildman–Crippen MR) is 46.4 cm³/mol. The summed E-state index contributed by atoms with van der Waals surface area (Å²) in [4.78, 5) is 0. The molecule has 0 saturated carbocycles. The third-order valence-electron chi connectivity index (χ3n) is 1.61. The lowest BCUT2D eigenvalue weighted by Crippen LogP contribution is -2.05. The van der Waals surface area contributed by atoms with Crippen LogP contribution in [0.15, 0.2) is 18.2 Å². The van der Waals surface area contributed by atoms with E-state index < -0.39 is 11.7 Å². The van der Waals surface area contributed by atoms with E-state index in [9.17, 15) is 13.2 Å². The molecule has 0 bridgehead atoms. The number of hydrogen-bond acceptors (Lipinski definition) is 1. The van der Waals surface area contributed by atoms with Gasteiger partial charge in [0.15, 0.2) is 0 Å². The van der Waals surface area contributed by atoms with Gasteiger partial charge in [-0.05, 0) is 23.8 Å². The molecule has 1 rings (SSSR count). The van der Waals surface area contributed by atoms with Crippen LogP contribution in [0, 0.1) is 6.61 Å². The molecule has 0 spiro atoms. The molecule has 1 radical (unpaired) electrons. The molecule has 1 aromatic carbocycles. The quantitative estimate of drug-likeness (QED) is 0.814. The van der Waals surface area contributed by atoms with Crippen LogP contribution in [0.2, 0.25) is 5.02 Å². The highest BCUT2D eigenvalue weighted by Gasteiger charge is 2.30. The third kappa shape index (κ3) is 2.89. The average Bonchev–Trinajstić information content (AvgIpc) is 2.02. The molecule has 0 heterocycles. The lowest BCUT2D eigenvalue weighted by Gasteiger charge is -2.08. The predicted octanol–water partition coefficient (Wildman–Crippen LogP) is 3.44. The minimum Gasteiger partial charge on any atom is -0.390 e. The van der Waals surface area contributed by atoms with Crippen LogP contribution >= 0.6 is 11.6 Å². The molecule has 0 aliphatic heterocycles. The lowest BCUT2D eigenvalue weighted by atomic mass is 10.1. The van der Waals surface area contributed by atoms with Crippen LogP contribution in [0.1, 0.15) is 11.1 Å². The molecule has 1 N–H and O–H groups in total. The van der Waals surface area contributed by atoms with Crippen molar-refractivity contribution in [1.82, 2.24) is 0 Å². The Morgan fingerprint density at radius 2 is 1.93 bits per heavy atom. The van der Waals surface area contributed by atoms with E-state index in [0.717, 1.165) is 18.7 Å². The summed E-state index contributed by atoms with van der Waals surface area (Å²) in [5.41, 5.74) is -0.478. The van der Waals surface area contributed by atoms with Gasteiger partial charge in [0.05, 0.1) is 12.2 Å². The van der Waals surface area contributed by atoms with Gasteiger partial charge in [-0.25, -0.2) is 0 Å². The fourth-order valence-electron chi connectivity index (χ4n) is 1.04. The van der Waals surface area contributed by atoms with Crippen molar-refractivity contribution in [2.75, 3.05) is 0 Å². The zero-order valence-corrected chi connectivity index (χ0v) is 7.73. The molecular formula is C9H7ClF3O. The van der Waals surface area contributed by atoms with Crippen molar-refractivity contribution >= 4 is 11.6 Å². The molecule has 0 aliphatic rings. The van der Waals surface area contributed by atoms with Crippen LogP contribution in [-0.2, 0) is 12.6 Å². The average molecular weight is 224 g/mol. The molecule has 0 amide bonds. The fourth-order valence-corrected chi connectivity index (χ4v) is 1.30. The van der Waals surface area contributed by atoms with Crippen molar-refractivity contribution in [3.05, 3.63) is 41.0 Å². The number of benzene rings is 1. The molecule has 0 atom stereocenters. The van der Waals surface area contributed by atoms with Crippen LogP contribution in [0.25, 0.3) is 0 Å². The fraction of sp³-hybridized carbons (Fsp3) is 0.222. The second kappa shape index (κ2) is 4.19. The van der Waals surface area contributed by atoms with E-state index in [0.29, 0.717) is 5.56 Å². The van der Waals surface area contributed by atoms with E-state index in [1.807, 2.05) is 0 Å². The van der Waals surface area contributed by atoms with Crippen LogP contribution in [0.5, 0.6) is 0 Å². The van der Waals surface area contributed by atoms with Crippen LogP contribution in [-0.4, -0.2) is 5.11 Å². The molecule has 0 fully saturated rings. The topological polar surface area (TPSA) is 20.2 Å². The number of halogens is 4. The van der Waals surface area contributed by atoms with Gasteiger partial charge in [-0.15, -0.1) is 0 Å². The van der Waals surface area contributed by atoms with Gasteiger partial charge in [-0.2, -0.15) is 13.2 Å². The summed E-state index contributed by atoms with van der Waals surface area (Å²) in [6.07, 6.45) is -4.36. The minimum absolute atomic E-state index is 0.0108. The lowest BCUT2D eigenvalue weighted by molar-refractivity contribution is -0.137. The van der Waals surface area contributed by atoms with Gasteiger partial charge in [0.2, 0.25) is 0 Å². The molecule has 5 heteroatoms. The largest absolute Gasteiger partial charge is 0.416 e. The molecule has 0 unspecified atom stereocenters. The zero-order chi connectivity index (χ0) is 10.8. The second-order valence-corrected chi connectivity index (χ2v) is 3.17. The SMILES string of the molecule is O[CH]Cc1cc(Cl)cc(C(F)(F)F)c1. The summed E-state index contributed by atoms with van der Waals surface area (Å²) in [6, 6.07) is 3.19. The molecular weight excluding hydrogens is 217 g/mol. The van der Waals surface area contributed by atoms with Crippen molar-refractivity contribution in [2.45, 2.75) is 12.6 Å². The zero-order valence-electron chi connectivity index (χ0n) is 6.98. The molecule has 0 saturated heterocycles. The smallest absolute Gasteiger partial charge is 0.390 e. The van der Waals surface area contributed by atoms with Crippen molar-refractivity contribution in [1.29, 1.82) is 0 Å². The molecule has 14 heavy (non-hydrogen) atoms. The first-order valence-corrected chi connectivity index (χ1v) is 4.14. The Bertz CT molecular complexity index is 322. The second-order valence-electron chi connectivity index (χ2n) is 2.73. The van der Waals surface area contributed by atoms with Gasteiger partial charge in [0, 0.05) is 11.4 Å². The first kappa shape index (κ1) is 11.3. The first-order chi connectivity index (χ1) is 6.43. The van der Waals surface area contributed by atoms with Crippen LogP contribution < -0.4 is 0 Å². The van der Waals surface area contributed by atoms with Crippen LogP contribution in [0.4, 0.5) is 13.2 Å². The van der Waals surface area contributed by atoms with Crippen molar-refractivity contribution in [3.8, 4) is 0 Å². The molecule has 0 aromatic heterocycles. The summed E-state index contributed by atoms with van der Waals surface area (Å²) in [7, 11) is 0. The number of rotatable bonds is 2. The summed E-state index contributed by atoms with van der Waals surface area (Å²) < 4.78 is 36.8. The third-order valence-corrected chi connectivity index (χ3v) is 1.83. The Labute approximate surface area is 84.1 Å². The van der Waals surface area contributed by atoms with Crippen molar-refractivity contribution < 1.29 is 18.3 Å². The molecule has 77 valence electrons. The highest BCUT2D eigenvalue weighted by molar-refractivity contribution is 6.30. The van der Waals surface area contributed by atoms with Gasteiger partial charge in [0.1, 0.15) is 0 Å². The first-order valence-electron chi connectivity index (χ1n) is 3.76. The number of aliphatic hydroxyl groups excluding tert-OH is 1. The number of hydrogen-bond donors (Lipinski definition) is 1. The summed E-state index contributed by atoms with van der Waals surface area (Å²) in [5, 5.41) is 8.47. The standard InChI is InChI=1S/C9H7ClF3O/c10-8-4-6(1-2-14)3-7(5-8)9(11,12)13/h2-5,14H,1H2. The maximum Gasteiger partial charge on any atom is 0.416 e. The molecule has 1 nitrogen and oxygen atoms in total. The number of aliphatic hydroxyl groups is 1. The summed E-state index contributed by atoms with van der Waals surface area (Å²) in [5.74, 6) is 0. The van der Waals surface area contributed by atoms with E-state index in [1.54, 1.807) is 0 Å². The monoisotopic (exact) mass is 223 g/mol. The van der Waals surface area contributed by atoms with E-state index in [-0.39, 0.29) is 11.4 Å². The highest BCUT2D eigenvalue weighted by atomic mass is 35.5. The van der Waals surface area contributed by atoms with E-state index >= 15 is 0 Å². The van der Waals surface area contributed by atoms with Crippen molar-refractivity contribution in [2.24, 2.45) is 0 Å². The van der Waals surface area contributed by atoms with Gasteiger partial charge in [-0.1, -0.05) is 11.6 Å². The summed E-state index contributed by atoms with van der Waals surface area (Å²) >= 11 is 5.50. The Balaban J connectivity index is 3.07. The van der Waals surface area contributed by atoms with E-state index in [1.165, 1.54) is 6.07 Å². The van der Waals surface area contributed by atoms with Gasteiger partial charge >= 0.3 is 6.18 Å². The van der Waals surface area contributed by atoms with Gasteiger partial charge in [0.25, 0.3) is 0 Å². The Kier molecular flexibility index (Phi) is 3.39. The normalized spacial score (nSPS) is 11.8.